The summed E-state index contributed by atoms with van der Waals surface area (Å²) < 4.78 is 0.908. The Labute approximate surface area is 135 Å². The van der Waals surface area contributed by atoms with Crippen LogP contribution in [0.2, 0.25) is 0 Å². The van der Waals surface area contributed by atoms with Gasteiger partial charge in [-0.25, -0.2) is 0 Å². The van der Waals surface area contributed by atoms with Crippen LogP contribution in [-0.2, 0) is 0 Å². The van der Waals surface area contributed by atoms with Gasteiger partial charge in [0.25, 0.3) is 5.91 Å². The van der Waals surface area contributed by atoms with Gasteiger partial charge in [-0.3, -0.25) is 9.78 Å². The summed E-state index contributed by atoms with van der Waals surface area (Å²) in [5, 5.41) is 3.76. The van der Waals surface area contributed by atoms with Crippen LogP contribution in [-0.4, -0.2) is 10.9 Å². The highest BCUT2D eigenvalue weighted by Crippen LogP contribution is 2.27. The van der Waals surface area contributed by atoms with E-state index in [-0.39, 0.29) is 5.91 Å². The molecule has 104 valence electrons. The fourth-order valence-electron chi connectivity index (χ4n) is 2.14. The van der Waals surface area contributed by atoms with Crippen LogP contribution in [0.5, 0.6) is 0 Å². The highest BCUT2D eigenvalue weighted by molar-refractivity contribution is 14.1. The fourth-order valence-corrected chi connectivity index (χ4v) is 2.77. The van der Waals surface area contributed by atoms with Crippen LogP contribution in [0.4, 0.5) is 11.4 Å². The fraction of sp³-hybridized carbons (Fsp3) is 0. The van der Waals surface area contributed by atoms with E-state index in [2.05, 4.69) is 32.9 Å². The van der Waals surface area contributed by atoms with Gasteiger partial charge in [0.05, 0.1) is 22.5 Å². The summed E-state index contributed by atoms with van der Waals surface area (Å²) in [5.74, 6) is -0.144. The second-order valence-corrected chi connectivity index (χ2v) is 5.70. The molecule has 2 aromatic carbocycles. The molecule has 3 rings (SSSR count). The van der Waals surface area contributed by atoms with Crippen LogP contribution >= 0.6 is 22.6 Å². The number of amides is 1. The van der Waals surface area contributed by atoms with E-state index in [0.29, 0.717) is 22.5 Å². The van der Waals surface area contributed by atoms with E-state index in [0.717, 1.165) is 8.96 Å². The minimum absolute atomic E-state index is 0.144. The highest BCUT2D eigenvalue weighted by atomic mass is 127. The number of halogens is 1. The Hall–Kier alpha value is -2.15. The maximum Gasteiger partial charge on any atom is 0.256 e. The van der Waals surface area contributed by atoms with E-state index >= 15 is 0 Å². The molecule has 0 aliphatic rings. The third kappa shape index (κ3) is 2.69. The first kappa shape index (κ1) is 13.8. The largest absolute Gasteiger partial charge is 0.397 e. The van der Waals surface area contributed by atoms with Crippen molar-refractivity contribution in [3.63, 3.8) is 0 Å². The zero-order chi connectivity index (χ0) is 14.8. The third-order valence-electron chi connectivity index (χ3n) is 3.17. The predicted molar refractivity (Wildman–Crippen MR) is 93.3 cm³/mol. The monoisotopic (exact) mass is 389 g/mol. The molecule has 21 heavy (non-hydrogen) atoms. The molecule has 1 heterocycles. The molecule has 1 amide bonds. The molecule has 3 aromatic rings. The summed E-state index contributed by atoms with van der Waals surface area (Å²) in [5.41, 5.74) is 8.55. The van der Waals surface area contributed by atoms with Gasteiger partial charge < -0.3 is 11.1 Å². The van der Waals surface area contributed by atoms with Gasteiger partial charge in [0.15, 0.2) is 0 Å². The molecular formula is C16H12IN3O. The highest BCUT2D eigenvalue weighted by Gasteiger charge is 2.12. The third-order valence-corrected chi connectivity index (χ3v) is 4.11. The van der Waals surface area contributed by atoms with Gasteiger partial charge in [0.1, 0.15) is 0 Å². The van der Waals surface area contributed by atoms with Gasteiger partial charge in [0.2, 0.25) is 0 Å². The predicted octanol–water partition coefficient (Wildman–Crippen LogP) is 3.67. The summed E-state index contributed by atoms with van der Waals surface area (Å²) in [6.45, 7) is 0. The number of carbonyl (C=O) groups is 1. The average molecular weight is 389 g/mol. The quantitative estimate of drug-likeness (QED) is 0.519. The van der Waals surface area contributed by atoms with Gasteiger partial charge in [-0.1, -0.05) is 12.1 Å². The van der Waals surface area contributed by atoms with Crippen molar-refractivity contribution in [3.8, 4) is 0 Å². The zero-order valence-corrected chi connectivity index (χ0v) is 13.2. The standard InChI is InChI=1S/C16H12IN3O/c17-12-6-2-1-4-10(12)16(21)20-14-8-7-13(18)15-11(14)5-3-9-19-15/h1-9H,18H2,(H,20,21). The first-order valence-electron chi connectivity index (χ1n) is 6.36. The smallest absolute Gasteiger partial charge is 0.256 e. The number of carbonyl (C=O) groups excluding carboxylic acids is 1. The first-order chi connectivity index (χ1) is 10.2. The van der Waals surface area contributed by atoms with E-state index in [1.54, 1.807) is 24.4 Å². The van der Waals surface area contributed by atoms with Crippen LogP contribution in [0.25, 0.3) is 10.9 Å². The molecule has 1 aromatic heterocycles. The van der Waals surface area contributed by atoms with Crippen molar-refractivity contribution < 1.29 is 4.79 Å². The molecule has 0 saturated carbocycles. The zero-order valence-electron chi connectivity index (χ0n) is 11.0. The van der Waals surface area contributed by atoms with Gasteiger partial charge in [-0.15, -0.1) is 0 Å². The average Bonchev–Trinajstić information content (AvgIpc) is 2.51. The lowest BCUT2D eigenvalue weighted by atomic mass is 10.1. The number of aromatic nitrogens is 1. The number of pyridine rings is 1. The van der Waals surface area contributed by atoms with Crippen molar-refractivity contribution in [1.82, 2.24) is 4.98 Å². The minimum atomic E-state index is -0.144. The first-order valence-corrected chi connectivity index (χ1v) is 7.44. The van der Waals surface area contributed by atoms with Gasteiger partial charge >= 0.3 is 0 Å². The SMILES string of the molecule is Nc1ccc(NC(=O)c2ccccc2I)c2cccnc12. The van der Waals surface area contributed by atoms with E-state index in [9.17, 15) is 4.79 Å². The molecule has 0 radical (unpaired) electrons. The second kappa shape index (κ2) is 5.69. The molecule has 0 unspecified atom stereocenters. The number of nitrogens with one attached hydrogen (secondary N) is 1. The lowest BCUT2D eigenvalue weighted by Gasteiger charge is -2.10. The van der Waals surface area contributed by atoms with E-state index in [4.69, 9.17) is 5.73 Å². The van der Waals surface area contributed by atoms with Crippen molar-refractivity contribution in [2.45, 2.75) is 0 Å². The molecule has 0 saturated heterocycles. The Morgan fingerprint density at radius 3 is 2.71 bits per heavy atom. The maximum absolute atomic E-state index is 12.4. The van der Waals surface area contributed by atoms with Crippen molar-refractivity contribution >= 4 is 50.8 Å². The normalized spacial score (nSPS) is 10.5. The molecule has 0 aliphatic carbocycles. The Morgan fingerprint density at radius 2 is 1.90 bits per heavy atom. The van der Waals surface area contributed by atoms with E-state index in [1.807, 2.05) is 30.3 Å². The van der Waals surface area contributed by atoms with Gasteiger partial charge in [-0.2, -0.15) is 0 Å². The summed E-state index contributed by atoms with van der Waals surface area (Å²) in [6.07, 6.45) is 1.68. The summed E-state index contributed by atoms with van der Waals surface area (Å²) in [6, 6.07) is 14.7. The summed E-state index contributed by atoms with van der Waals surface area (Å²) >= 11 is 2.15. The molecule has 0 bridgehead atoms. The number of anilines is 2. The molecule has 0 atom stereocenters. The number of hydrogen-bond acceptors (Lipinski definition) is 3. The Morgan fingerprint density at radius 1 is 1.10 bits per heavy atom. The topological polar surface area (TPSA) is 68.0 Å². The van der Waals surface area contributed by atoms with E-state index in [1.165, 1.54) is 0 Å². The Kier molecular flexibility index (Phi) is 3.74. The molecule has 4 nitrogen and oxygen atoms in total. The van der Waals surface area contributed by atoms with Gasteiger partial charge in [-0.05, 0) is 59.0 Å². The molecule has 5 heteroatoms. The molecule has 0 aliphatic heterocycles. The summed E-state index contributed by atoms with van der Waals surface area (Å²) in [7, 11) is 0. The number of nitrogen functional groups attached to an aromatic ring is 1. The van der Waals surface area contributed by atoms with E-state index < -0.39 is 0 Å². The molecule has 0 spiro atoms. The maximum atomic E-state index is 12.4. The lowest BCUT2D eigenvalue weighted by Crippen LogP contribution is -2.13. The number of rotatable bonds is 2. The van der Waals surface area contributed by atoms with Crippen LogP contribution < -0.4 is 11.1 Å². The number of benzene rings is 2. The number of nitrogens with zero attached hydrogens (tertiary/aromatic N) is 1. The molecular weight excluding hydrogens is 377 g/mol. The minimum Gasteiger partial charge on any atom is -0.397 e. The van der Waals surface area contributed by atoms with Crippen LogP contribution in [0, 0.1) is 3.57 Å². The van der Waals surface area contributed by atoms with Crippen LogP contribution in [0.3, 0.4) is 0 Å². The number of fused-ring (bicyclic) bond motifs is 1. The Bertz CT molecular complexity index is 833. The number of hydrogen-bond donors (Lipinski definition) is 2. The number of nitrogens with two attached hydrogens (primary N) is 1. The van der Waals surface area contributed by atoms with Crippen LogP contribution in [0.15, 0.2) is 54.7 Å². The van der Waals surface area contributed by atoms with Crippen molar-refractivity contribution in [2.75, 3.05) is 11.1 Å². The van der Waals surface area contributed by atoms with Gasteiger partial charge in [0, 0.05) is 15.2 Å². The molecule has 0 fully saturated rings. The van der Waals surface area contributed by atoms with Crippen LogP contribution in [0.1, 0.15) is 10.4 Å². The van der Waals surface area contributed by atoms with Crippen molar-refractivity contribution in [2.24, 2.45) is 0 Å². The Balaban J connectivity index is 2.01. The summed E-state index contributed by atoms with van der Waals surface area (Å²) in [4.78, 5) is 16.7. The molecule has 3 N–H and O–H groups in total. The lowest BCUT2D eigenvalue weighted by molar-refractivity contribution is 0.102. The second-order valence-electron chi connectivity index (χ2n) is 4.54. The van der Waals surface area contributed by atoms with Crippen molar-refractivity contribution in [1.29, 1.82) is 0 Å². The van der Waals surface area contributed by atoms with Crippen molar-refractivity contribution in [3.05, 3.63) is 63.9 Å².